The van der Waals surface area contributed by atoms with Crippen LogP contribution in [-0.2, 0) is 16.0 Å². The summed E-state index contributed by atoms with van der Waals surface area (Å²) in [6.45, 7) is 6.99. The van der Waals surface area contributed by atoms with Crippen molar-refractivity contribution in [3.05, 3.63) is 74.1 Å². The van der Waals surface area contributed by atoms with E-state index in [9.17, 15) is 14.4 Å². The van der Waals surface area contributed by atoms with Crippen molar-refractivity contribution in [1.29, 1.82) is 0 Å². The van der Waals surface area contributed by atoms with Gasteiger partial charge in [-0.2, -0.15) is 0 Å². The predicted molar refractivity (Wildman–Crippen MR) is 171 cm³/mol. The number of halogens is 2. The standard InChI is InChI=1S/C30H35ClIN5O5/c1-30(2,3)42-29(40)33-21-12-9-15-36(18-21)28-34-25(32)24(37(28)17-20-10-6-7-14-23(20)31)26(38)35(4)22-13-8-11-19(16-22)27(39)41-5/h6-8,10-11,13-14,16,21H,9,12,15,17-18H2,1-5H3,(H,33,40)/t21-/m1/s1. The molecule has 2 aromatic carbocycles. The Bertz CT molecular complexity index is 1470. The van der Waals surface area contributed by atoms with Gasteiger partial charge in [0.05, 0.1) is 19.2 Å². The molecular weight excluding hydrogens is 673 g/mol. The zero-order valence-corrected chi connectivity index (χ0v) is 27.2. The van der Waals surface area contributed by atoms with E-state index in [-0.39, 0.29) is 11.9 Å². The first kappa shape index (κ1) is 31.6. The number of piperidine rings is 1. The number of esters is 1. The molecule has 10 nitrogen and oxygen atoms in total. The largest absolute Gasteiger partial charge is 0.465 e. The quantitative estimate of drug-likeness (QED) is 0.247. The number of rotatable bonds is 7. The summed E-state index contributed by atoms with van der Waals surface area (Å²) in [5.41, 5.74) is 1.49. The van der Waals surface area contributed by atoms with Crippen LogP contribution < -0.4 is 15.1 Å². The van der Waals surface area contributed by atoms with Crippen molar-refractivity contribution in [1.82, 2.24) is 14.9 Å². The van der Waals surface area contributed by atoms with E-state index in [0.717, 1.165) is 18.4 Å². The predicted octanol–water partition coefficient (Wildman–Crippen LogP) is 5.75. The summed E-state index contributed by atoms with van der Waals surface area (Å²) in [5.74, 6) is -0.180. The van der Waals surface area contributed by atoms with Crippen LogP contribution in [0.25, 0.3) is 0 Å². The number of methoxy groups -OCH3 is 1. The number of hydrogen-bond donors (Lipinski definition) is 1. The molecule has 2 heterocycles. The van der Waals surface area contributed by atoms with Gasteiger partial charge in [-0.15, -0.1) is 0 Å². The van der Waals surface area contributed by atoms with Gasteiger partial charge in [-0.05, 0) is 86.0 Å². The van der Waals surface area contributed by atoms with Crippen LogP contribution in [-0.4, -0.2) is 66.4 Å². The minimum atomic E-state index is -0.600. The first-order valence-electron chi connectivity index (χ1n) is 13.6. The van der Waals surface area contributed by atoms with Gasteiger partial charge >= 0.3 is 12.1 Å². The molecule has 1 aliphatic rings. The zero-order chi connectivity index (χ0) is 30.6. The highest BCUT2D eigenvalue weighted by Crippen LogP contribution is 2.29. The highest BCUT2D eigenvalue weighted by Gasteiger charge is 2.31. The van der Waals surface area contributed by atoms with Crippen molar-refractivity contribution in [2.45, 2.75) is 51.8 Å². The molecule has 1 aliphatic heterocycles. The Hall–Kier alpha value is -3.32. The van der Waals surface area contributed by atoms with E-state index in [0.29, 0.717) is 51.3 Å². The monoisotopic (exact) mass is 707 g/mol. The molecule has 1 saturated heterocycles. The first-order valence-corrected chi connectivity index (χ1v) is 15.0. The normalized spacial score (nSPS) is 15.2. The molecule has 0 spiro atoms. The molecular formula is C30H35ClIN5O5. The molecule has 0 unspecified atom stereocenters. The van der Waals surface area contributed by atoms with Gasteiger partial charge in [-0.1, -0.05) is 35.9 Å². The van der Waals surface area contributed by atoms with Crippen molar-refractivity contribution < 1.29 is 23.9 Å². The Morgan fingerprint density at radius 1 is 1.17 bits per heavy atom. The van der Waals surface area contributed by atoms with Gasteiger partial charge in [0.15, 0.2) is 0 Å². The van der Waals surface area contributed by atoms with Crippen molar-refractivity contribution in [3.63, 3.8) is 0 Å². The number of carbonyl (C=O) groups excluding carboxylic acids is 3. The maximum atomic E-state index is 14.1. The first-order chi connectivity index (χ1) is 19.9. The maximum Gasteiger partial charge on any atom is 0.407 e. The molecule has 1 N–H and O–H groups in total. The van der Waals surface area contributed by atoms with E-state index in [4.69, 9.17) is 26.1 Å². The Morgan fingerprint density at radius 3 is 2.60 bits per heavy atom. The van der Waals surface area contributed by atoms with Gasteiger partial charge < -0.3 is 29.2 Å². The molecule has 4 rings (SSSR count). The van der Waals surface area contributed by atoms with E-state index in [1.54, 1.807) is 31.3 Å². The third-order valence-electron chi connectivity index (χ3n) is 6.78. The lowest BCUT2D eigenvalue weighted by molar-refractivity contribution is 0.0498. The molecule has 12 heteroatoms. The summed E-state index contributed by atoms with van der Waals surface area (Å²) in [6.07, 6.45) is 1.15. The molecule has 3 aromatic rings. The molecule has 2 amide bonds. The van der Waals surface area contributed by atoms with E-state index in [2.05, 4.69) is 32.8 Å². The van der Waals surface area contributed by atoms with Gasteiger partial charge in [0, 0.05) is 36.9 Å². The van der Waals surface area contributed by atoms with Crippen molar-refractivity contribution in [2.75, 3.05) is 37.0 Å². The minimum Gasteiger partial charge on any atom is -0.465 e. The van der Waals surface area contributed by atoms with E-state index < -0.39 is 17.7 Å². The second-order valence-electron chi connectivity index (χ2n) is 11.1. The lowest BCUT2D eigenvalue weighted by atomic mass is 10.1. The summed E-state index contributed by atoms with van der Waals surface area (Å²) in [4.78, 5) is 47.1. The van der Waals surface area contributed by atoms with Crippen LogP contribution in [0.1, 0.15) is 60.0 Å². The number of nitrogens with one attached hydrogen (secondary N) is 1. The summed E-state index contributed by atoms with van der Waals surface area (Å²) in [7, 11) is 2.97. The van der Waals surface area contributed by atoms with Gasteiger partial charge in [-0.25, -0.2) is 14.6 Å². The number of anilines is 2. The summed E-state index contributed by atoms with van der Waals surface area (Å²) in [6, 6.07) is 14.0. The summed E-state index contributed by atoms with van der Waals surface area (Å²) >= 11 is 8.64. The van der Waals surface area contributed by atoms with Crippen molar-refractivity contribution in [2.24, 2.45) is 0 Å². The Kier molecular flexibility index (Phi) is 10.0. The van der Waals surface area contributed by atoms with Crippen LogP contribution in [0.2, 0.25) is 5.02 Å². The average molecular weight is 708 g/mol. The van der Waals surface area contributed by atoms with Crippen LogP contribution >= 0.6 is 34.2 Å². The molecule has 0 aliphatic carbocycles. The second-order valence-corrected chi connectivity index (χ2v) is 12.5. The van der Waals surface area contributed by atoms with Gasteiger partial charge in [0.2, 0.25) is 5.95 Å². The fraction of sp³-hybridized carbons (Fsp3) is 0.400. The molecule has 1 atom stereocenters. The lowest BCUT2D eigenvalue weighted by Crippen LogP contribution is -2.49. The molecule has 0 saturated carbocycles. The molecule has 0 bridgehead atoms. The van der Waals surface area contributed by atoms with Gasteiger partial charge in [-0.3, -0.25) is 4.79 Å². The Balaban J connectivity index is 1.69. The summed E-state index contributed by atoms with van der Waals surface area (Å²) < 4.78 is 12.7. The number of hydrogen-bond acceptors (Lipinski definition) is 7. The number of benzene rings is 2. The number of amides is 2. The number of aromatic nitrogens is 2. The maximum absolute atomic E-state index is 14.1. The van der Waals surface area contributed by atoms with Gasteiger partial charge in [0.25, 0.3) is 5.91 Å². The average Bonchev–Trinajstić information content (AvgIpc) is 3.27. The van der Waals surface area contributed by atoms with Crippen LogP contribution in [0.5, 0.6) is 0 Å². The number of imidazole rings is 1. The highest BCUT2D eigenvalue weighted by molar-refractivity contribution is 14.1. The number of nitrogens with zero attached hydrogens (tertiary/aromatic N) is 4. The topological polar surface area (TPSA) is 106 Å². The van der Waals surface area contributed by atoms with E-state index >= 15 is 0 Å². The fourth-order valence-corrected chi connectivity index (χ4v) is 5.72. The van der Waals surface area contributed by atoms with Crippen LogP contribution in [0.4, 0.5) is 16.4 Å². The van der Waals surface area contributed by atoms with E-state index in [1.807, 2.05) is 49.6 Å². The van der Waals surface area contributed by atoms with Gasteiger partial charge in [0.1, 0.15) is 15.0 Å². The number of alkyl carbamates (subject to hydrolysis) is 1. The fourth-order valence-electron chi connectivity index (χ4n) is 4.79. The van der Waals surface area contributed by atoms with Crippen LogP contribution in [0.15, 0.2) is 48.5 Å². The smallest absolute Gasteiger partial charge is 0.407 e. The molecule has 1 fully saturated rings. The second kappa shape index (κ2) is 13.3. The van der Waals surface area contributed by atoms with E-state index in [1.165, 1.54) is 12.0 Å². The molecule has 0 radical (unpaired) electrons. The van der Waals surface area contributed by atoms with Crippen LogP contribution in [0, 0.1) is 3.70 Å². The summed E-state index contributed by atoms with van der Waals surface area (Å²) in [5, 5.41) is 3.56. The highest BCUT2D eigenvalue weighted by atomic mass is 127. The number of ether oxygens (including phenoxy) is 2. The Morgan fingerprint density at radius 2 is 1.90 bits per heavy atom. The molecule has 224 valence electrons. The lowest BCUT2D eigenvalue weighted by Gasteiger charge is -2.34. The SMILES string of the molecule is COC(=O)c1cccc(N(C)C(=O)c2c(I)nc(N3CCC[C@@H](NC(=O)OC(C)(C)C)C3)n2Cc2ccccc2Cl)c1. The zero-order valence-electron chi connectivity index (χ0n) is 24.3. The third-order valence-corrected chi connectivity index (χ3v) is 7.90. The third kappa shape index (κ3) is 7.54. The Labute approximate surface area is 264 Å². The van der Waals surface area contributed by atoms with Crippen LogP contribution in [0.3, 0.4) is 0 Å². The molecule has 1 aromatic heterocycles. The molecule has 42 heavy (non-hydrogen) atoms. The van der Waals surface area contributed by atoms with Crippen molar-refractivity contribution >= 4 is 63.8 Å². The minimum absolute atomic E-state index is 0.153. The number of carbonyl (C=O) groups is 3. The van der Waals surface area contributed by atoms with Crippen molar-refractivity contribution in [3.8, 4) is 0 Å².